The van der Waals surface area contributed by atoms with E-state index in [1.807, 2.05) is 25.8 Å². The summed E-state index contributed by atoms with van der Waals surface area (Å²) in [6.45, 7) is 3.10. The molecule has 2 saturated carbocycles. The zero-order chi connectivity index (χ0) is 21.9. The maximum Gasteiger partial charge on any atom is 0.258 e. The Labute approximate surface area is 183 Å². The van der Waals surface area contributed by atoms with Gasteiger partial charge in [0.2, 0.25) is 0 Å². The number of nitrogens with one attached hydrogen (secondary N) is 1. The molecule has 0 aromatic carbocycles. The highest BCUT2D eigenvalue weighted by atomic mass is 32.2. The number of rotatable bonds is 10. The Morgan fingerprint density at radius 2 is 1.62 bits per heavy atom. The van der Waals surface area contributed by atoms with E-state index >= 15 is 0 Å². The summed E-state index contributed by atoms with van der Waals surface area (Å²) >= 11 is 10.7. The molecule has 3 atom stereocenters. The molecule has 0 radical (unpaired) electrons. The van der Waals surface area contributed by atoms with Crippen molar-refractivity contribution in [2.45, 2.75) is 50.8 Å². The van der Waals surface area contributed by atoms with Crippen LogP contribution in [0.1, 0.15) is 39.5 Å². The summed E-state index contributed by atoms with van der Waals surface area (Å²) in [7, 11) is -0.461. The van der Waals surface area contributed by atoms with E-state index in [-0.39, 0.29) is 23.6 Å². The first kappa shape index (κ1) is 24.1. The van der Waals surface area contributed by atoms with Crippen molar-refractivity contribution in [2.75, 3.05) is 26.4 Å². The van der Waals surface area contributed by atoms with Crippen molar-refractivity contribution in [3.63, 3.8) is 0 Å². The van der Waals surface area contributed by atoms with Gasteiger partial charge in [-0.05, 0) is 38.5 Å². The molecule has 0 heterocycles. The van der Waals surface area contributed by atoms with Crippen molar-refractivity contribution in [1.82, 2.24) is 15.3 Å². The van der Waals surface area contributed by atoms with E-state index < -0.39 is 27.5 Å². The average molecular weight is 463 g/mol. The number of hydrogen-bond acceptors (Lipinski definition) is 7. The van der Waals surface area contributed by atoms with E-state index in [4.69, 9.17) is 24.4 Å². The van der Waals surface area contributed by atoms with Crippen LogP contribution in [-0.4, -0.2) is 71.9 Å². The summed E-state index contributed by atoms with van der Waals surface area (Å²) in [5.74, 6) is -0.659. The van der Waals surface area contributed by atoms with Gasteiger partial charge >= 0.3 is 0 Å². The lowest BCUT2D eigenvalue weighted by molar-refractivity contribution is -0.123. The second-order valence-corrected chi connectivity index (χ2v) is 11.3. The number of amides is 1. The smallest absolute Gasteiger partial charge is 0.258 e. The molecule has 2 rings (SSSR count). The normalized spacial score (nSPS) is 19.6. The van der Waals surface area contributed by atoms with Crippen LogP contribution in [0.4, 0.5) is 0 Å². The van der Waals surface area contributed by atoms with E-state index in [2.05, 4.69) is 10.6 Å². The highest BCUT2D eigenvalue weighted by Crippen LogP contribution is 2.33. The number of sulfone groups is 1. The van der Waals surface area contributed by atoms with Gasteiger partial charge in [-0.3, -0.25) is 15.2 Å². The predicted octanol–water partition coefficient (Wildman–Crippen LogP) is 1.93. The number of hydrazine groups is 1. The molecule has 8 nitrogen and oxygen atoms in total. The third kappa shape index (κ3) is 6.39. The van der Waals surface area contributed by atoms with E-state index in [0.717, 1.165) is 30.7 Å². The van der Waals surface area contributed by atoms with Crippen molar-refractivity contribution in [3.05, 3.63) is 4.91 Å². The van der Waals surface area contributed by atoms with Crippen molar-refractivity contribution < 1.29 is 13.2 Å². The van der Waals surface area contributed by atoms with Crippen LogP contribution in [0.2, 0.25) is 0 Å². The molecule has 0 aliphatic heterocycles. The van der Waals surface area contributed by atoms with Crippen LogP contribution >= 0.6 is 24.4 Å². The molecule has 1 N–H and O–H groups in total. The molecule has 2 aliphatic carbocycles. The van der Waals surface area contributed by atoms with Gasteiger partial charge in [-0.15, -0.1) is 0 Å². The number of thiocarbonyl (C=S) groups is 2. The third-order valence-corrected chi connectivity index (χ3v) is 9.15. The van der Waals surface area contributed by atoms with Gasteiger partial charge in [0.25, 0.3) is 5.91 Å². The standard InChI is InChI=1S/C18H30N4O4S3/c1-11(12(2)21(3)17(27)13-5-6-13)10-29(25,26)15(9-19-24)16(23)20-22(4)18(28)14-7-8-14/h11-15H,5-10H2,1-4H3,(H,20,23). The van der Waals surface area contributed by atoms with Crippen molar-refractivity contribution >= 4 is 50.2 Å². The first-order valence-electron chi connectivity index (χ1n) is 9.85. The quantitative estimate of drug-likeness (QED) is 0.299. The Morgan fingerprint density at radius 3 is 2.10 bits per heavy atom. The zero-order valence-electron chi connectivity index (χ0n) is 17.3. The number of carbonyl (C=O) groups excluding carboxylic acids is 1. The summed E-state index contributed by atoms with van der Waals surface area (Å²) in [5.41, 5.74) is 2.50. The lowest BCUT2D eigenvalue weighted by Crippen LogP contribution is -2.52. The average Bonchev–Trinajstić information content (AvgIpc) is 3.55. The van der Waals surface area contributed by atoms with E-state index in [0.29, 0.717) is 10.9 Å². The monoisotopic (exact) mass is 462 g/mol. The number of nitrogens with zero attached hydrogens (tertiary/aromatic N) is 3. The second-order valence-electron chi connectivity index (χ2n) is 8.22. The van der Waals surface area contributed by atoms with Crippen LogP contribution in [0.5, 0.6) is 0 Å². The largest absolute Gasteiger partial charge is 0.366 e. The van der Waals surface area contributed by atoms with Gasteiger partial charge in [-0.2, -0.15) is 4.91 Å². The Bertz CT molecular complexity index is 765. The summed E-state index contributed by atoms with van der Waals surface area (Å²) in [6, 6.07) is -0.115. The minimum absolute atomic E-state index is 0.115. The van der Waals surface area contributed by atoms with Crippen molar-refractivity contribution in [3.8, 4) is 0 Å². The SMILES string of the molecule is CC(CS(=O)(=O)C(CN=O)C(=O)NN(C)C(=S)C1CC1)C(C)N(C)C(=S)C1CC1. The molecule has 0 aromatic rings. The number of hydrogen-bond donors (Lipinski definition) is 1. The van der Waals surface area contributed by atoms with Gasteiger partial charge in [0.1, 0.15) is 6.54 Å². The molecule has 3 unspecified atom stereocenters. The third-order valence-electron chi connectivity index (χ3n) is 5.71. The fourth-order valence-electron chi connectivity index (χ4n) is 3.15. The van der Waals surface area contributed by atoms with Crippen LogP contribution in [0.15, 0.2) is 5.18 Å². The Balaban J connectivity index is 2.02. The topological polar surface area (TPSA) is 99.1 Å². The summed E-state index contributed by atoms with van der Waals surface area (Å²) in [5, 5.41) is 2.53. The number of carbonyl (C=O) groups is 1. The van der Waals surface area contributed by atoms with Crippen LogP contribution in [0.3, 0.4) is 0 Å². The lowest BCUT2D eigenvalue weighted by Gasteiger charge is -2.32. The highest BCUT2D eigenvalue weighted by Gasteiger charge is 2.38. The first-order valence-corrected chi connectivity index (χ1v) is 12.4. The van der Waals surface area contributed by atoms with Crippen LogP contribution in [0, 0.1) is 22.7 Å². The minimum Gasteiger partial charge on any atom is -0.366 e. The molecule has 0 spiro atoms. The first-order chi connectivity index (χ1) is 13.5. The molecule has 0 aromatic heterocycles. The second kappa shape index (κ2) is 9.74. The van der Waals surface area contributed by atoms with Gasteiger partial charge in [-0.25, -0.2) is 8.42 Å². The molecular weight excluding hydrogens is 432 g/mol. The maximum atomic E-state index is 13.0. The molecule has 164 valence electrons. The van der Waals surface area contributed by atoms with Crippen LogP contribution in [-0.2, 0) is 14.6 Å². The highest BCUT2D eigenvalue weighted by molar-refractivity contribution is 7.92. The van der Waals surface area contributed by atoms with Crippen molar-refractivity contribution in [2.24, 2.45) is 22.9 Å². The fourth-order valence-corrected chi connectivity index (χ4v) is 5.74. The van der Waals surface area contributed by atoms with Crippen LogP contribution < -0.4 is 5.43 Å². The van der Waals surface area contributed by atoms with Crippen LogP contribution in [0.25, 0.3) is 0 Å². The minimum atomic E-state index is -3.91. The number of nitroso groups, excluding NO2 is 1. The predicted molar refractivity (Wildman–Crippen MR) is 121 cm³/mol. The zero-order valence-corrected chi connectivity index (χ0v) is 19.8. The fraction of sp³-hybridized carbons (Fsp3) is 0.833. The van der Waals surface area contributed by atoms with Crippen molar-refractivity contribution in [1.29, 1.82) is 0 Å². The molecule has 11 heteroatoms. The van der Waals surface area contributed by atoms with Gasteiger partial charge in [0, 0.05) is 32.0 Å². The molecule has 2 fully saturated rings. The Kier molecular flexibility index (Phi) is 8.08. The molecule has 0 saturated heterocycles. The Hall–Kier alpha value is -1.20. The molecule has 1 amide bonds. The van der Waals surface area contributed by atoms with Gasteiger partial charge in [0.05, 0.1) is 15.7 Å². The van der Waals surface area contributed by atoms with E-state index in [1.54, 1.807) is 7.05 Å². The summed E-state index contributed by atoms with van der Waals surface area (Å²) in [6.07, 6.45) is 4.07. The van der Waals surface area contributed by atoms with E-state index in [9.17, 15) is 18.1 Å². The maximum absolute atomic E-state index is 13.0. The molecule has 2 aliphatic rings. The summed E-state index contributed by atoms with van der Waals surface area (Å²) < 4.78 is 25.9. The molecule has 0 bridgehead atoms. The van der Waals surface area contributed by atoms with E-state index in [1.165, 1.54) is 5.01 Å². The lowest BCUT2D eigenvalue weighted by atomic mass is 10.0. The Morgan fingerprint density at radius 1 is 1.10 bits per heavy atom. The molecular formula is C18H30N4O4S3. The molecule has 29 heavy (non-hydrogen) atoms. The van der Waals surface area contributed by atoms with Gasteiger partial charge < -0.3 is 4.90 Å². The van der Waals surface area contributed by atoms with Gasteiger partial charge in [0.15, 0.2) is 15.1 Å². The van der Waals surface area contributed by atoms with Gasteiger partial charge in [-0.1, -0.05) is 36.5 Å². The summed E-state index contributed by atoms with van der Waals surface area (Å²) in [4.78, 5) is 26.8.